The van der Waals surface area contributed by atoms with Crippen LogP contribution in [-0.4, -0.2) is 59.5 Å². The Balaban J connectivity index is 1.67. The van der Waals surface area contributed by atoms with Crippen LogP contribution in [0.15, 0.2) is 36.8 Å². The largest absolute Gasteiger partial charge is 0.353 e. The second kappa shape index (κ2) is 6.75. The maximum Gasteiger partial charge on any atom is 0.320 e. The fourth-order valence-corrected chi connectivity index (χ4v) is 4.33. The summed E-state index contributed by atoms with van der Waals surface area (Å²) in [6.07, 6.45) is 2.49. The number of carbonyl (C=O) groups is 1. The van der Waals surface area contributed by atoms with Crippen LogP contribution in [0.1, 0.15) is 11.6 Å². The Bertz CT molecular complexity index is 861. The minimum absolute atomic E-state index is 0.0741. The molecule has 6 nitrogen and oxygen atoms in total. The van der Waals surface area contributed by atoms with Crippen molar-refractivity contribution < 1.29 is 13.6 Å². The molecule has 2 aliphatic heterocycles. The molecule has 0 spiro atoms. The van der Waals surface area contributed by atoms with Gasteiger partial charge < -0.3 is 14.7 Å². The van der Waals surface area contributed by atoms with Gasteiger partial charge in [-0.1, -0.05) is 12.1 Å². The third kappa shape index (κ3) is 3.09. The molecule has 0 radical (unpaired) electrons. The van der Waals surface area contributed by atoms with E-state index in [0.29, 0.717) is 19.6 Å². The number of benzene rings is 1. The van der Waals surface area contributed by atoms with Crippen LogP contribution in [0.3, 0.4) is 0 Å². The summed E-state index contributed by atoms with van der Waals surface area (Å²) < 4.78 is 28.0. The molecule has 2 saturated heterocycles. The standard InChI is InChI=1S/C19H21F2N5O/c1-24(2)19(27)26-9-13-8-25(18-16(21)7-22-11-23-18)10-15(13)17(26)12-4-3-5-14(20)6-12/h3-7,11,13,15,17H,8-10H2,1-2H3/t13-,15-,17+/m1/s1. The molecule has 3 atom stereocenters. The summed E-state index contributed by atoms with van der Waals surface area (Å²) in [5, 5.41) is 0. The van der Waals surface area contributed by atoms with Crippen molar-refractivity contribution in [2.24, 2.45) is 11.8 Å². The number of hydrogen-bond donors (Lipinski definition) is 0. The van der Waals surface area contributed by atoms with Gasteiger partial charge in [-0.15, -0.1) is 0 Å². The first-order valence-electron chi connectivity index (χ1n) is 8.89. The van der Waals surface area contributed by atoms with Gasteiger partial charge >= 0.3 is 6.03 Å². The third-order valence-corrected chi connectivity index (χ3v) is 5.43. The normalized spacial score (nSPS) is 24.2. The lowest BCUT2D eigenvalue weighted by atomic mass is 9.89. The molecule has 0 unspecified atom stereocenters. The number of amides is 2. The predicted molar refractivity (Wildman–Crippen MR) is 96.1 cm³/mol. The summed E-state index contributed by atoms with van der Waals surface area (Å²) in [4.78, 5) is 25.7. The molecule has 2 aliphatic rings. The molecule has 3 heterocycles. The number of rotatable bonds is 2. The van der Waals surface area contributed by atoms with E-state index < -0.39 is 5.82 Å². The van der Waals surface area contributed by atoms with E-state index >= 15 is 0 Å². The topological polar surface area (TPSA) is 52.6 Å². The highest BCUT2D eigenvalue weighted by Gasteiger charge is 2.50. The fourth-order valence-electron chi connectivity index (χ4n) is 4.33. The number of nitrogens with zero attached hydrogens (tertiary/aromatic N) is 5. The van der Waals surface area contributed by atoms with Crippen molar-refractivity contribution in [2.75, 3.05) is 38.6 Å². The summed E-state index contributed by atoms with van der Waals surface area (Å²) in [5.41, 5.74) is 0.766. The molecule has 0 bridgehead atoms. The van der Waals surface area contributed by atoms with Crippen LogP contribution in [0.4, 0.5) is 19.4 Å². The monoisotopic (exact) mass is 373 g/mol. The molecular formula is C19H21F2N5O. The third-order valence-electron chi connectivity index (χ3n) is 5.43. The highest BCUT2D eigenvalue weighted by atomic mass is 19.1. The minimum Gasteiger partial charge on any atom is -0.353 e. The molecule has 0 saturated carbocycles. The first-order chi connectivity index (χ1) is 13.0. The van der Waals surface area contributed by atoms with E-state index in [4.69, 9.17) is 0 Å². The maximum absolute atomic E-state index is 14.1. The Morgan fingerprint density at radius 2 is 2.04 bits per heavy atom. The molecule has 2 fully saturated rings. The Morgan fingerprint density at radius 3 is 2.74 bits per heavy atom. The number of anilines is 1. The van der Waals surface area contributed by atoms with Gasteiger partial charge in [-0.2, -0.15) is 0 Å². The van der Waals surface area contributed by atoms with Crippen molar-refractivity contribution in [2.45, 2.75) is 6.04 Å². The average molecular weight is 373 g/mol. The van der Waals surface area contributed by atoms with E-state index in [0.717, 1.165) is 11.8 Å². The maximum atomic E-state index is 14.1. The predicted octanol–water partition coefficient (Wildman–Crippen LogP) is 2.55. The molecule has 8 heteroatoms. The van der Waals surface area contributed by atoms with Crippen molar-refractivity contribution in [1.29, 1.82) is 0 Å². The van der Waals surface area contributed by atoms with E-state index in [1.807, 2.05) is 11.0 Å². The molecule has 1 aromatic carbocycles. The van der Waals surface area contributed by atoms with Gasteiger partial charge in [0.05, 0.1) is 12.2 Å². The zero-order valence-electron chi connectivity index (χ0n) is 15.2. The summed E-state index contributed by atoms with van der Waals surface area (Å²) in [7, 11) is 3.42. The number of aromatic nitrogens is 2. The molecule has 142 valence electrons. The Kier molecular flexibility index (Phi) is 4.41. The lowest BCUT2D eigenvalue weighted by Gasteiger charge is -2.32. The molecule has 27 heavy (non-hydrogen) atoms. The lowest BCUT2D eigenvalue weighted by Crippen LogP contribution is -2.41. The SMILES string of the molecule is CN(C)C(=O)N1C[C@H]2CN(c3ncncc3F)C[C@H]2[C@@H]1c1cccc(F)c1. The van der Waals surface area contributed by atoms with Gasteiger partial charge in [-0.05, 0) is 17.7 Å². The molecule has 0 N–H and O–H groups in total. The van der Waals surface area contributed by atoms with Gasteiger partial charge in [0.25, 0.3) is 0 Å². The van der Waals surface area contributed by atoms with Gasteiger partial charge in [0, 0.05) is 45.6 Å². The smallest absolute Gasteiger partial charge is 0.320 e. The number of hydrogen-bond acceptors (Lipinski definition) is 4. The Hall–Kier alpha value is -2.77. The second-order valence-corrected chi connectivity index (χ2v) is 7.35. The van der Waals surface area contributed by atoms with Crippen molar-refractivity contribution in [3.05, 3.63) is 54.0 Å². The fraction of sp³-hybridized carbons (Fsp3) is 0.421. The second-order valence-electron chi connectivity index (χ2n) is 7.35. The zero-order chi connectivity index (χ0) is 19.1. The van der Waals surface area contributed by atoms with Gasteiger partial charge in [0.15, 0.2) is 11.6 Å². The molecule has 1 aromatic heterocycles. The Morgan fingerprint density at radius 1 is 1.22 bits per heavy atom. The number of urea groups is 1. The highest BCUT2D eigenvalue weighted by molar-refractivity contribution is 5.75. The molecule has 4 rings (SSSR count). The minimum atomic E-state index is -0.457. The van der Waals surface area contributed by atoms with Crippen LogP contribution >= 0.6 is 0 Å². The van der Waals surface area contributed by atoms with E-state index in [9.17, 15) is 13.6 Å². The van der Waals surface area contributed by atoms with Crippen LogP contribution < -0.4 is 4.90 Å². The van der Waals surface area contributed by atoms with E-state index in [1.165, 1.54) is 23.4 Å². The lowest BCUT2D eigenvalue weighted by molar-refractivity contribution is 0.159. The van der Waals surface area contributed by atoms with Crippen LogP contribution in [-0.2, 0) is 0 Å². The Labute approximate surface area is 156 Å². The van der Waals surface area contributed by atoms with Crippen molar-refractivity contribution in [3.63, 3.8) is 0 Å². The van der Waals surface area contributed by atoms with Crippen LogP contribution in [0, 0.1) is 23.5 Å². The number of halogens is 2. The van der Waals surface area contributed by atoms with E-state index in [1.54, 1.807) is 25.1 Å². The van der Waals surface area contributed by atoms with Gasteiger partial charge in [0.2, 0.25) is 0 Å². The number of carbonyl (C=O) groups excluding carboxylic acids is 1. The molecule has 0 aliphatic carbocycles. The van der Waals surface area contributed by atoms with Crippen LogP contribution in [0.25, 0.3) is 0 Å². The van der Waals surface area contributed by atoms with Gasteiger partial charge in [0.1, 0.15) is 12.1 Å². The van der Waals surface area contributed by atoms with Gasteiger partial charge in [-0.3, -0.25) is 0 Å². The number of fused-ring (bicyclic) bond motifs is 1. The van der Waals surface area contributed by atoms with Gasteiger partial charge in [-0.25, -0.2) is 23.5 Å². The summed E-state index contributed by atoms with van der Waals surface area (Å²) >= 11 is 0. The first-order valence-corrected chi connectivity index (χ1v) is 8.89. The highest BCUT2D eigenvalue weighted by Crippen LogP contribution is 2.46. The van der Waals surface area contributed by atoms with Crippen LogP contribution in [0.2, 0.25) is 0 Å². The first kappa shape index (κ1) is 17.6. The van der Waals surface area contributed by atoms with E-state index in [2.05, 4.69) is 9.97 Å². The molecular weight excluding hydrogens is 352 g/mol. The quantitative estimate of drug-likeness (QED) is 0.812. The van der Waals surface area contributed by atoms with Crippen molar-refractivity contribution in [1.82, 2.24) is 19.8 Å². The van der Waals surface area contributed by atoms with E-state index in [-0.39, 0.29) is 35.5 Å². The molecule has 2 aromatic rings. The average Bonchev–Trinajstić information content (AvgIpc) is 3.18. The van der Waals surface area contributed by atoms with Crippen molar-refractivity contribution >= 4 is 11.8 Å². The summed E-state index contributed by atoms with van der Waals surface area (Å²) in [6, 6.07) is 6.03. The summed E-state index contributed by atoms with van der Waals surface area (Å²) in [6.45, 7) is 1.70. The zero-order valence-corrected chi connectivity index (χ0v) is 15.2. The van der Waals surface area contributed by atoms with Crippen LogP contribution in [0.5, 0.6) is 0 Å². The summed E-state index contributed by atoms with van der Waals surface area (Å²) in [5.74, 6) is -0.268. The van der Waals surface area contributed by atoms with Crippen molar-refractivity contribution in [3.8, 4) is 0 Å². The molecule has 2 amide bonds. The number of likely N-dealkylation sites (tertiary alicyclic amines) is 1.